The van der Waals surface area contributed by atoms with Crippen LogP contribution in [-0.2, 0) is 29.8 Å². The number of nitrogens with zero attached hydrogens (tertiary/aromatic N) is 4. The van der Waals surface area contributed by atoms with Gasteiger partial charge in [0.05, 0.1) is 23.4 Å². The molecule has 0 aliphatic carbocycles. The van der Waals surface area contributed by atoms with Gasteiger partial charge in [0, 0.05) is 31.3 Å². The highest BCUT2D eigenvalue weighted by atomic mass is 19.3. The van der Waals surface area contributed by atoms with E-state index in [4.69, 9.17) is 0 Å². The van der Waals surface area contributed by atoms with Crippen LogP contribution in [0.5, 0.6) is 0 Å². The summed E-state index contributed by atoms with van der Waals surface area (Å²) in [7, 11) is 0. The van der Waals surface area contributed by atoms with Crippen LogP contribution in [-0.4, -0.2) is 52.7 Å². The van der Waals surface area contributed by atoms with Crippen molar-refractivity contribution >= 4 is 17.3 Å². The van der Waals surface area contributed by atoms with E-state index in [-0.39, 0.29) is 37.2 Å². The van der Waals surface area contributed by atoms with Gasteiger partial charge in [0.25, 0.3) is 11.6 Å². The van der Waals surface area contributed by atoms with Crippen LogP contribution in [0.3, 0.4) is 0 Å². The van der Waals surface area contributed by atoms with Gasteiger partial charge < -0.3 is 9.80 Å². The van der Waals surface area contributed by atoms with Gasteiger partial charge in [-0.3, -0.25) is 19.8 Å². The Bertz CT molecular complexity index is 1630. The number of rotatable bonds is 10. The standard InChI is InChI=1S/C36H35F3N4O3/c37-32-30(35(34(44)42-25-36(38,39)26-42)18-20-40(21-19-35)22-27-10-4-1-5-11-27)16-17-31(43(45)46)33(32)41(23-28-12-6-2-7-13-28)24-29-14-8-3-9-15-29/h1-17H,18-26H2. The molecule has 1 amide bonds. The third-order valence-corrected chi connectivity index (χ3v) is 9.06. The van der Waals surface area contributed by atoms with Gasteiger partial charge in [-0.05, 0) is 48.7 Å². The Morgan fingerprint density at radius 3 is 1.76 bits per heavy atom. The molecule has 0 spiro atoms. The molecule has 238 valence electrons. The van der Waals surface area contributed by atoms with E-state index in [1.54, 1.807) is 4.90 Å². The maximum Gasteiger partial charge on any atom is 0.295 e. The van der Waals surface area contributed by atoms with Crippen LogP contribution < -0.4 is 4.90 Å². The van der Waals surface area contributed by atoms with Crippen LogP contribution in [0.1, 0.15) is 35.1 Å². The van der Waals surface area contributed by atoms with Crippen molar-refractivity contribution in [1.29, 1.82) is 0 Å². The fraction of sp³-hybridized carbons (Fsp3) is 0.306. The summed E-state index contributed by atoms with van der Waals surface area (Å²) in [6.45, 7) is 0.363. The second kappa shape index (κ2) is 13.0. The van der Waals surface area contributed by atoms with Crippen LogP contribution in [0.25, 0.3) is 0 Å². The van der Waals surface area contributed by atoms with Gasteiger partial charge in [-0.2, -0.15) is 0 Å². The first-order valence-electron chi connectivity index (χ1n) is 15.4. The molecule has 2 fully saturated rings. The highest BCUT2D eigenvalue weighted by molar-refractivity contribution is 5.90. The Kier molecular flexibility index (Phi) is 8.82. The van der Waals surface area contributed by atoms with E-state index in [9.17, 15) is 23.7 Å². The molecular weight excluding hydrogens is 593 g/mol. The summed E-state index contributed by atoms with van der Waals surface area (Å²) in [6, 6.07) is 31.0. The number of hydrogen-bond donors (Lipinski definition) is 0. The molecule has 2 aliphatic heterocycles. The highest BCUT2D eigenvalue weighted by Gasteiger charge is 2.54. The van der Waals surface area contributed by atoms with Gasteiger partial charge in [0.2, 0.25) is 5.91 Å². The molecule has 7 nitrogen and oxygen atoms in total. The second-order valence-corrected chi connectivity index (χ2v) is 12.2. The van der Waals surface area contributed by atoms with Crippen molar-refractivity contribution in [2.75, 3.05) is 31.1 Å². The lowest BCUT2D eigenvalue weighted by Crippen LogP contribution is -2.64. The molecule has 0 saturated carbocycles. The van der Waals surface area contributed by atoms with E-state index in [1.807, 2.05) is 91.0 Å². The molecule has 0 radical (unpaired) electrons. The van der Waals surface area contributed by atoms with Crippen molar-refractivity contribution in [3.05, 3.63) is 141 Å². The summed E-state index contributed by atoms with van der Waals surface area (Å²) in [5, 5.41) is 12.4. The van der Waals surface area contributed by atoms with Crippen molar-refractivity contribution in [2.24, 2.45) is 0 Å². The molecular formula is C36H35F3N4O3. The smallest absolute Gasteiger partial charge is 0.295 e. The molecule has 0 unspecified atom stereocenters. The number of nitro benzene ring substituents is 1. The monoisotopic (exact) mass is 628 g/mol. The number of hydrogen-bond acceptors (Lipinski definition) is 5. The molecule has 2 saturated heterocycles. The van der Waals surface area contributed by atoms with Crippen molar-refractivity contribution in [3.63, 3.8) is 0 Å². The molecule has 0 bridgehead atoms. The minimum atomic E-state index is -2.99. The largest absolute Gasteiger partial charge is 0.355 e. The van der Waals surface area contributed by atoms with E-state index < -0.39 is 46.8 Å². The topological polar surface area (TPSA) is 69.9 Å². The summed E-state index contributed by atoms with van der Waals surface area (Å²) >= 11 is 0. The van der Waals surface area contributed by atoms with Crippen LogP contribution in [0, 0.1) is 15.9 Å². The van der Waals surface area contributed by atoms with Crippen molar-refractivity contribution in [3.8, 4) is 0 Å². The number of amides is 1. The van der Waals surface area contributed by atoms with Gasteiger partial charge in [0.1, 0.15) is 0 Å². The van der Waals surface area contributed by atoms with E-state index in [0.29, 0.717) is 19.6 Å². The SMILES string of the molecule is O=C(N1CC(F)(F)C1)C1(c2ccc([N+](=O)[O-])c(N(Cc3ccccc3)Cc3ccccc3)c2F)CCN(Cc2ccccc2)CC1. The molecule has 0 N–H and O–H groups in total. The van der Waals surface area contributed by atoms with Gasteiger partial charge in [-0.1, -0.05) is 91.0 Å². The average Bonchev–Trinajstić information content (AvgIpc) is 3.05. The van der Waals surface area contributed by atoms with Gasteiger partial charge in [-0.25, -0.2) is 13.2 Å². The number of benzene rings is 4. The van der Waals surface area contributed by atoms with Crippen molar-refractivity contribution < 1.29 is 22.9 Å². The summed E-state index contributed by atoms with van der Waals surface area (Å²) in [5.74, 6) is -4.42. The summed E-state index contributed by atoms with van der Waals surface area (Å²) in [4.78, 5) is 30.8. The number of piperidine rings is 1. The predicted octanol–water partition coefficient (Wildman–Crippen LogP) is 6.95. The van der Waals surface area contributed by atoms with E-state index >= 15 is 4.39 Å². The Morgan fingerprint density at radius 1 is 0.783 bits per heavy atom. The summed E-state index contributed by atoms with van der Waals surface area (Å²) < 4.78 is 45.2. The minimum absolute atomic E-state index is 0.0128. The second-order valence-electron chi connectivity index (χ2n) is 12.2. The van der Waals surface area contributed by atoms with Gasteiger partial charge >= 0.3 is 0 Å². The molecule has 46 heavy (non-hydrogen) atoms. The van der Waals surface area contributed by atoms with E-state index in [0.717, 1.165) is 21.6 Å². The molecule has 6 rings (SSSR count). The third kappa shape index (κ3) is 6.48. The molecule has 4 aromatic carbocycles. The van der Waals surface area contributed by atoms with Crippen LogP contribution in [0.4, 0.5) is 24.5 Å². The maximum absolute atomic E-state index is 17.2. The first-order chi connectivity index (χ1) is 22.1. The normalized spacial score (nSPS) is 17.2. The van der Waals surface area contributed by atoms with Crippen LogP contribution in [0.2, 0.25) is 0 Å². The molecule has 2 heterocycles. The Labute approximate surface area is 266 Å². The summed E-state index contributed by atoms with van der Waals surface area (Å²) in [5.41, 5.74) is 0.642. The maximum atomic E-state index is 17.2. The lowest BCUT2D eigenvalue weighted by molar-refractivity contribution is -0.384. The number of halogens is 3. The molecule has 0 aromatic heterocycles. The van der Waals surface area contributed by atoms with Crippen LogP contribution >= 0.6 is 0 Å². The fourth-order valence-electron chi connectivity index (χ4n) is 6.69. The summed E-state index contributed by atoms with van der Waals surface area (Å²) in [6.07, 6.45) is 0.374. The minimum Gasteiger partial charge on any atom is -0.355 e. The van der Waals surface area contributed by atoms with Crippen molar-refractivity contribution in [2.45, 2.75) is 43.8 Å². The van der Waals surface area contributed by atoms with Gasteiger partial charge in [-0.15, -0.1) is 0 Å². The van der Waals surface area contributed by atoms with E-state index in [2.05, 4.69) is 4.90 Å². The van der Waals surface area contributed by atoms with Crippen LogP contribution in [0.15, 0.2) is 103 Å². The highest BCUT2D eigenvalue weighted by Crippen LogP contribution is 2.46. The fourth-order valence-corrected chi connectivity index (χ4v) is 6.69. The van der Waals surface area contributed by atoms with E-state index in [1.165, 1.54) is 12.1 Å². The molecule has 10 heteroatoms. The number of likely N-dealkylation sites (tertiary alicyclic amines) is 2. The quantitative estimate of drug-likeness (QED) is 0.140. The van der Waals surface area contributed by atoms with Gasteiger partial charge in [0.15, 0.2) is 11.5 Å². The average molecular weight is 629 g/mol. The molecule has 0 atom stereocenters. The zero-order valence-electron chi connectivity index (χ0n) is 25.3. The predicted molar refractivity (Wildman–Crippen MR) is 170 cm³/mol. The Hall–Kier alpha value is -4.70. The lowest BCUT2D eigenvalue weighted by Gasteiger charge is -2.48. The lowest BCUT2D eigenvalue weighted by atomic mass is 9.70. The molecule has 2 aliphatic rings. The number of carbonyl (C=O) groups is 1. The first kappa shape index (κ1) is 31.3. The Balaban J connectivity index is 1.42. The number of carbonyl (C=O) groups excluding carboxylic acids is 1. The third-order valence-electron chi connectivity index (χ3n) is 9.06. The number of nitro groups is 1. The number of alkyl halides is 2. The Morgan fingerprint density at radius 2 is 1.28 bits per heavy atom. The van der Waals surface area contributed by atoms with Crippen molar-refractivity contribution in [1.82, 2.24) is 9.80 Å². The number of anilines is 1. The zero-order chi connectivity index (χ0) is 32.3. The first-order valence-corrected chi connectivity index (χ1v) is 15.4. The zero-order valence-corrected chi connectivity index (χ0v) is 25.3. The molecule has 4 aromatic rings.